The molecule has 1 rings (SSSR count). The van der Waals surface area contributed by atoms with Gasteiger partial charge in [-0.05, 0) is 45.3 Å². The van der Waals surface area contributed by atoms with Crippen LogP contribution < -0.4 is 5.32 Å². The van der Waals surface area contributed by atoms with Gasteiger partial charge in [-0.25, -0.2) is 0 Å². The Balaban J connectivity index is 2.36. The Bertz CT molecular complexity index is 395. The van der Waals surface area contributed by atoms with Crippen molar-refractivity contribution in [3.05, 3.63) is 12.2 Å². The smallest absolute Gasteiger partial charge is 0.307 e. The Hall–Kier alpha value is -1.14. The second kappa shape index (κ2) is 8.34. The van der Waals surface area contributed by atoms with Crippen LogP contribution in [0.2, 0.25) is 19.1 Å². The van der Waals surface area contributed by atoms with Gasteiger partial charge in [0, 0.05) is 13.2 Å². The first kappa shape index (κ1) is 17.9. The first-order valence-electron chi connectivity index (χ1n) is 7.67. The monoisotopic (exact) mass is 313 g/mol. The summed E-state index contributed by atoms with van der Waals surface area (Å²) < 4.78 is 5.74. The molecule has 0 fully saturated rings. The molecule has 0 aromatic heterocycles. The highest BCUT2D eigenvalue weighted by Crippen LogP contribution is 2.26. The third-order valence-corrected chi connectivity index (χ3v) is 6.50. The van der Waals surface area contributed by atoms with Gasteiger partial charge in [-0.1, -0.05) is 12.2 Å². The highest BCUT2D eigenvalue weighted by atomic mass is 28.4. The zero-order valence-corrected chi connectivity index (χ0v) is 14.2. The van der Waals surface area contributed by atoms with Crippen molar-refractivity contribution >= 4 is 20.2 Å². The number of amides is 1. The molecule has 0 saturated carbocycles. The molecule has 120 valence electrons. The van der Waals surface area contributed by atoms with E-state index in [0.29, 0.717) is 19.4 Å². The number of carboxylic acids is 1. The Morgan fingerprint density at radius 1 is 1.29 bits per heavy atom. The topological polar surface area (TPSA) is 75.6 Å². The quantitative estimate of drug-likeness (QED) is 0.410. The molecule has 2 unspecified atom stereocenters. The maximum absolute atomic E-state index is 12.1. The van der Waals surface area contributed by atoms with E-state index in [-0.39, 0.29) is 5.91 Å². The average Bonchev–Trinajstić information content (AvgIpc) is 2.43. The number of carbonyl (C=O) groups excluding carboxylic acids is 1. The van der Waals surface area contributed by atoms with Gasteiger partial charge in [0.05, 0.1) is 11.8 Å². The van der Waals surface area contributed by atoms with Crippen molar-refractivity contribution in [2.45, 2.75) is 45.3 Å². The van der Waals surface area contributed by atoms with Gasteiger partial charge >= 0.3 is 5.97 Å². The standard InChI is InChI=1S/C15H27NO4Si/c1-4-20-21(2,3)11-7-10-16-14(17)12-8-5-6-9-13(12)15(18)19/h5-6,12-13H,4,7-11H2,1-3H3,(H,16,17)(H,18,19). The van der Waals surface area contributed by atoms with Crippen molar-refractivity contribution in [2.75, 3.05) is 13.2 Å². The number of carboxylic acid groups (broad SMARTS) is 1. The molecule has 0 bridgehead atoms. The van der Waals surface area contributed by atoms with E-state index in [1.165, 1.54) is 0 Å². The summed E-state index contributed by atoms with van der Waals surface area (Å²) in [6, 6.07) is 0.994. The molecule has 21 heavy (non-hydrogen) atoms. The van der Waals surface area contributed by atoms with E-state index in [1.807, 2.05) is 19.1 Å². The number of hydrogen-bond donors (Lipinski definition) is 2. The van der Waals surface area contributed by atoms with Crippen molar-refractivity contribution in [3.8, 4) is 0 Å². The van der Waals surface area contributed by atoms with Crippen molar-refractivity contribution in [3.63, 3.8) is 0 Å². The molecular weight excluding hydrogens is 286 g/mol. The Morgan fingerprint density at radius 2 is 1.90 bits per heavy atom. The van der Waals surface area contributed by atoms with Crippen LogP contribution in [-0.2, 0) is 14.0 Å². The summed E-state index contributed by atoms with van der Waals surface area (Å²) in [5, 5.41) is 12.1. The van der Waals surface area contributed by atoms with Crippen LogP contribution in [0.3, 0.4) is 0 Å². The number of allylic oxidation sites excluding steroid dienone is 2. The van der Waals surface area contributed by atoms with E-state index in [1.54, 1.807) is 0 Å². The molecule has 2 N–H and O–H groups in total. The molecule has 1 aliphatic carbocycles. The first-order chi connectivity index (χ1) is 9.87. The predicted octanol–water partition coefficient (Wildman–Crippen LogP) is 2.40. The van der Waals surface area contributed by atoms with Crippen molar-refractivity contribution in [1.29, 1.82) is 0 Å². The molecular formula is C15H27NO4Si. The highest BCUT2D eigenvalue weighted by molar-refractivity contribution is 6.71. The van der Waals surface area contributed by atoms with Crippen LogP contribution in [-0.4, -0.2) is 38.5 Å². The van der Waals surface area contributed by atoms with Gasteiger partial charge in [-0.3, -0.25) is 9.59 Å². The van der Waals surface area contributed by atoms with Gasteiger partial charge in [0.1, 0.15) is 0 Å². The summed E-state index contributed by atoms with van der Waals surface area (Å²) in [6.45, 7) is 7.67. The van der Waals surface area contributed by atoms with Crippen molar-refractivity contribution in [2.24, 2.45) is 11.8 Å². The van der Waals surface area contributed by atoms with Gasteiger partial charge in [0.2, 0.25) is 5.91 Å². The third-order valence-electron chi connectivity index (χ3n) is 3.88. The number of nitrogens with one attached hydrogen (secondary N) is 1. The molecule has 5 nitrogen and oxygen atoms in total. The van der Waals surface area contributed by atoms with E-state index in [4.69, 9.17) is 4.43 Å². The van der Waals surface area contributed by atoms with Gasteiger partial charge in [-0.15, -0.1) is 0 Å². The Kier molecular flexibility index (Phi) is 7.11. The zero-order chi connectivity index (χ0) is 15.9. The minimum Gasteiger partial charge on any atom is -0.481 e. The van der Waals surface area contributed by atoms with E-state index < -0.39 is 26.1 Å². The first-order valence-corrected chi connectivity index (χ1v) is 10.8. The molecule has 0 aromatic rings. The summed E-state index contributed by atoms with van der Waals surface area (Å²) in [4.78, 5) is 23.3. The van der Waals surface area contributed by atoms with Crippen LogP contribution in [0.1, 0.15) is 26.2 Å². The van der Waals surface area contributed by atoms with Gasteiger partial charge in [0.25, 0.3) is 0 Å². The van der Waals surface area contributed by atoms with Crippen LogP contribution in [0.25, 0.3) is 0 Å². The van der Waals surface area contributed by atoms with Crippen LogP contribution in [0, 0.1) is 11.8 Å². The van der Waals surface area contributed by atoms with Crippen molar-refractivity contribution in [1.82, 2.24) is 5.32 Å². The van der Waals surface area contributed by atoms with Crippen molar-refractivity contribution < 1.29 is 19.1 Å². The second-order valence-electron chi connectivity index (χ2n) is 6.08. The van der Waals surface area contributed by atoms with E-state index in [9.17, 15) is 14.7 Å². The summed E-state index contributed by atoms with van der Waals surface area (Å²) in [5.41, 5.74) is 0. The molecule has 1 aliphatic rings. The molecule has 0 heterocycles. The van der Waals surface area contributed by atoms with Gasteiger partial charge in [0.15, 0.2) is 8.32 Å². The lowest BCUT2D eigenvalue weighted by molar-refractivity contribution is -0.147. The minimum atomic E-state index is -1.60. The lowest BCUT2D eigenvalue weighted by Gasteiger charge is -2.25. The second-order valence-corrected chi connectivity index (χ2v) is 10.4. The number of carbonyl (C=O) groups is 2. The minimum absolute atomic E-state index is 0.136. The fourth-order valence-electron chi connectivity index (χ4n) is 2.70. The SMILES string of the molecule is CCO[Si](C)(C)CCCNC(=O)C1CC=CCC1C(=O)O. The van der Waals surface area contributed by atoms with E-state index in [2.05, 4.69) is 18.4 Å². The number of hydrogen-bond acceptors (Lipinski definition) is 3. The summed E-state index contributed by atoms with van der Waals surface area (Å²) in [6.07, 6.45) is 5.58. The Morgan fingerprint density at radius 3 is 2.48 bits per heavy atom. The highest BCUT2D eigenvalue weighted by Gasteiger charge is 2.33. The summed E-state index contributed by atoms with van der Waals surface area (Å²) >= 11 is 0. The maximum Gasteiger partial charge on any atom is 0.307 e. The molecule has 1 amide bonds. The number of aliphatic carboxylic acids is 1. The Labute approximate surface area is 127 Å². The molecule has 0 aromatic carbocycles. The zero-order valence-electron chi connectivity index (χ0n) is 13.2. The van der Waals surface area contributed by atoms with E-state index >= 15 is 0 Å². The van der Waals surface area contributed by atoms with E-state index in [0.717, 1.165) is 19.1 Å². The van der Waals surface area contributed by atoms with Crippen LogP contribution in [0.4, 0.5) is 0 Å². The van der Waals surface area contributed by atoms with Crippen LogP contribution >= 0.6 is 0 Å². The molecule has 0 spiro atoms. The molecule has 0 radical (unpaired) electrons. The largest absolute Gasteiger partial charge is 0.481 e. The lowest BCUT2D eigenvalue weighted by Crippen LogP contribution is -2.39. The third kappa shape index (κ3) is 6.01. The summed E-state index contributed by atoms with van der Waals surface area (Å²) in [5.74, 6) is -2.05. The van der Waals surface area contributed by atoms with Gasteiger partial charge in [-0.2, -0.15) is 0 Å². The molecule has 0 saturated heterocycles. The fraction of sp³-hybridized carbons (Fsp3) is 0.733. The van der Waals surface area contributed by atoms with Gasteiger partial charge < -0.3 is 14.8 Å². The molecule has 0 aliphatic heterocycles. The van der Waals surface area contributed by atoms with Crippen LogP contribution in [0.5, 0.6) is 0 Å². The maximum atomic E-state index is 12.1. The lowest BCUT2D eigenvalue weighted by atomic mass is 9.82. The average molecular weight is 313 g/mol. The normalized spacial score (nSPS) is 22.0. The predicted molar refractivity (Wildman–Crippen MR) is 84.5 cm³/mol. The molecule has 6 heteroatoms. The number of rotatable bonds is 8. The summed E-state index contributed by atoms with van der Waals surface area (Å²) in [7, 11) is -1.60. The fourth-order valence-corrected chi connectivity index (χ4v) is 4.65. The van der Waals surface area contributed by atoms with Crippen LogP contribution in [0.15, 0.2) is 12.2 Å². The molecule has 2 atom stereocenters.